The second kappa shape index (κ2) is 6.72. The van der Waals surface area contributed by atoms with Crippen LogP contribution < -0.4 is 4.74 Å². The van der Waals surface area contributed by atoms with Gasteiger partial charge in [0.2, 0.25) is 0 Å². The van der Waals surface area contributed by atoms with Crippen molar-refractivity contribution >= 4 is 0 Å². The summed E-state index contributed by atoms with van der Waals surface area (Å²) in [5, 5.41) is 0. The van der Waals surface area contributed by atoms with Crippen molar-refractivity contribution in [1.82, 2.24) is 0 Å². The minimum atomic E-state index is -0.376. The summed E-state index contributed by atoms with van der Waals surface area (Å²) in [6.45, 7) is 7.44. The molecule has 0 unspecified atom stereocenters. The Kier molecular flexibility index (Phi) is 4.97. The third kappa shape index (κ3) is 5.20. The first-order chi connectivity index (χ1) is 9.94. The molecule has 0 fully saturated rings. The van der Waals surface area contributed by atoms with Crippen molar-refractivity contribution in [3.8, 4) is 11.5 Å². The molecular weight excluding hydrogens is 267 g/mol. The Labute approximate surface area is 125 Å². The predicted octanol–water partition coefficient (Wildman–Crippen LogP) is 5.18. The Balaban J connectivity index is 2.03. The highest BCUT2D eigenvalue weighted by atomic mass is 19.1. The summed E-state index contributed by atoms with van der Waals surface area (Å²) >= 11 is 0. The van der Waals surface area contributed by atoms with E-state index in [1.807, 2.05) is 18.2 Å². The summed E-state index contributed by atoms with van der Waals surface area (Å²) in [5.74, 6) is 0.459. The molecule has 0 radical (unpaired) electrons. The van der Waals surface area contributed by atoms with E-state index in [0.29, 0.717) is 19.0 Å². The molecule has 0 saturated carbocycles. The van der Waals surface area contributed by atoms with E-state index in [0.717, 1.165) is 5.56 Å². The van der Waals surface area contributed by atoms with Crippen molar-refractivity contribution in [2.75, 3.05) is 6.61 Å². The molecular formula is C18H21FO2. The molecule has 0 saturated heterocycles. The molecule has 2 aromatic carbocycles. The van der Waals surface area contributed by atoms with Crippen molar-refractivity contribution in [3.63, 3.8) is 0 Å². The number of benzene rings is 2. The summed E-state index contributed by atoms with van der Waals surface area (Å²) < 4.78 is 25.0. The summed E-state index contributed by atoms with van der Waals surface area (Å²) in [4.78, 5) is 0. The molecule has 0 heterocycles. The Morgan fingerprint density at radius 3 is 2.38 bits per heavy atom. The van der Waals surface area contributed by atoms with Crippen LogP contribution in [0.2, 0.25) is 0 Å². The van der Waals surface area contributed by atoms with Crippen molar-refractivity contribution < 1.29 is 13.9 Å². The minimum Gasteiger partial charge on any atom is -0.454 e. The van der Waals surface area contributed by atoms with Gasteiger partial charge in [-0.15, -0.1) is 0 Å². The van der Waals surface area contributed by atoms with Crippen LogP contribution in [-0.4, -0.2) is 6.61 Å². The number of ether oxygens (including phenoxy) is 2. The maximum atomic E-state index is 13.8. The molecule has 0 bridgehead atoms. The van der Waals surface area contributed by atoms with Gasteiger partial charge in [-0.1, -0.05) is 45.0 Å². The van der Waals surface area contributed by atoms with E-state index in [2.05, 4.69) is 20.8 Å². The van der Waals surface area contributed by atoms with E-state index >= 15 is 0 Å². The van der Waals surface area contributed by atoms with Crippen molar-refractivity contribution in [1.29, 1.82) is 0 Å². The first-order valence-electron chi connectivity index (χ1n) is 7.03. The fraction of sp³-hybridized carbons (Fsp3) is 0.333. The quantitative estimate of drug-likeness (QED) is 0.754. The summed E-state index contributed by atoms with van der Waals surface area (Å²) in [7, 11) is 0. The van der Waals surface area contributed by atoms with Gasteiger partial charge in [-0.2, -0.15) is 0 Å². The Morgan fingerprint density at radius 2 is 1.71 bits per heavy atom. The van der Waals surface area contributed by atoms with Gasteiger partial charge in [0.05, 0.1) is 13.2 Å². The Hall–Kier alpha value is -1.87. The predicted molar refractivity (Wildman–Crippen MR) is 82.0 cm³/mol. The van der Waals surface area contributed by atoms with Crippen LogP contribution in [0.15, 0.2) is 48.5 Å². The molecule has 2 aromatic rings. The van der Waals surface area contributed by atoms with Gasteiger partial charge >= 0.3 is 0 Å². The number of para-hydroxylation sites is 1. The zero-order valence-corrected chi connectivity index (χ0v) is 12.7. The SMILES string of the molecule is CC(C)(C)COCc1ccc(F)c(Oc2ccccc2)c1. The van der Waals surface area contributed by atoms with E-state index in [4.69, 9.17) is 9.47 Å². The fourth-order valence-electron chi connectivity index (χ4n) is 1.81. The highest BCUT2D eigenvalue weighted by Gasteiger charge is 2.11. The standard InChI is InChI=1S/C18H21FO2/c1-18(2,3)13-20-12-14-9-10-16(19)17(11-14)21-15-7-5-4-6-8-15/h4-11H,12-13H2,1-3H3. The lowest BCUT2D eigenvalue weighted by Crippen LogP contribution is -2.14. The van der Waals surface area contributed by atoms with Crippen LogP contribution in [0.3, 0.4) is 0 Å². The highest BCUT2D eigenvalue weighted by molar-refractivity contribution is 5.34. The van der Waals surface area contributed by atoms with Gasteiger partial charge in [-0.05, 0) is 35.2 Å². The number of hydrogen-bond acceptors (Lipinski definition) is 2. The maximum Gasteiger partial charge on any atom is 0.165 e. The Morgan fingerprint density at radius 1 is 1.00 bits per heavy atom. The summed E-state index contributed by atoms with van der Waals surface area (Å²) in [6.07, 6.45) is 0. The van der Waals surface area contributed by atoms with E-state index in [1.165, 1.54) is 6.07 Å². The van der Waals surface area contributed by atoms with Crippen molar-refractivity contribution in [3.05, 3.63) is 59.9 Å². The van der Waals surface area contributed by atoms with Gasteiger partial charge in [0, 0.05) is 0 Å². The zero-order chi connectivity index (χ0) is 15.3. The van der Waals surface area contributed by atoms with Gasteiger partial charge in [-0.25, -0.2) is 4.39 Å². The van der Waals surface area contributed by atoms with Crippen LogP contribution in [0.4, 0.5) is 4.39 Å². The second-order valence-corrected chi connectivity index (χ2v) is 6.23. The van der Waals surface area contributed by atoms with Crippen LogP contribution in [0, 0.1) is 11.2 Å². The average Bonchev–Trinajstić information content (AvgIpc) is 2.42. The third-order valence-electron chi connectivity index (χ3n) is 2.77. The van der Waals surface area contributed by atoms with Crippen molar-refractivity contribution in [2.24, 2.45) is 5.41 Å². The van der Waals surface area contributed by atoms with Gasteiger partial charge in [0.1, 0.15) is 5.75 Å². The van der Waals surface area contributed by atoms with Crippen LogP contribution in [0.5, 0.6) is 11.5 Å². The van der Waals surface area contributed by atoms with E-state index < -0.39 is 0 Å². The summed E-state index contributed by atoms with van der Waals surface area (Å²) in [5.41, 5.74) is 1.01. The first kappa shape index (κ1) is 15.5. The number of hydrogen-bond donors (Lipinski definition) is 0. The van der Waals surface area contributed by atoms with Crippen molar-refractivity contribution in [2.45, 2.75) is 27.4 Å². The third-order valence-corrected chi connectivity index (χ3v) is 2.77. The molecule has 112 valence electrons. The molecule has 0 aliphatic rings. The molecule has 3 heteroatoms. The van der Waals surface area contributed by atoms with Gasteiger partial charge < -0.3 is 9.47 Å². The normalized spacial score (nSPS) is 11.4. The maximum absolute atomic E-state index is 13.8. The number of halogens is 1. The molecule has 0 aliphatic heterocycles. The summed E-state index contributed by atoms with van der Waals surface area (Å²) in [6, 6.07) is 14.0. The van der Waals surface area contributed by atoms with Gasteiger partial charge in [0.25, 0.3) is 0 Å². The van der Waals surface area contributed by atoms with E-state index in [-0.39, 0.29) is 17.0 Å². The lowest BCUT2D eigenvalue weighted by atomic mass is 9.99. The topological polar surface area (TPSA) is 18.5 Å². The molecule has 21 heavy (non-hydrogen) atoms. The molecule has 0 N–H and O–H groups in total. The first-order valence-corrected chi connectivity index (χ1v) is 7.03. The zero-order valence-electron chi connectivity index (χ0n) is 12.7. The minimum absolute atomic E-state index is 0.114. The molecule has 0 atom stereocenters. The smallest absolute Gasteiger partial charge is 0.165 e. The van der Waals surface area contributed by atoms with Gasteiger partial charge in [-0.3, -0.25) is 0 Å². The van der Waals surface area contributed by atoms with Gasteiger partial charge in [0.15, 0.2) is 11.6 Å². The van der Waals surface area contributed by atoms with E-state index in [9.17, 15) is 4.39 Å². The van der Waals surface area contributed by atoms with Crippen LogP contribution in [0.1, 0.15) is 26.3 Å². The Bertz CT molecular complexity index is 574. The molecule has 0 amide bonds. The lowest BCUT2D eigenvalue weighted by molar-refractivity contribution is 0.0598. The lowest BCUT2D eigenvalue weighted by Gasteiger charge is -2.18. The molecule has 0 aliphatic carbocycles. The monoisotopic (exact) mass is 288 g/mol. The van der Waals surface area contributed by atoms with Crippen LogP contribution in [-0.2, 0) is 11.3 Å². The molecule has 2 rings (SSSR count). The van der Waals surface area contributed by atoms with Crippen LogP contribution >= 0.6 is 0 Å². The molecule has 0 aromatic heterocycles. The van der Waals surface area contributed by atoms with E-state index in [1.54, 1.807) is 24.3 Å². The highest BCUT2D eigenvalue weighted by Crippen LogP contribution is 2.26. The molecule has 0 spiro atoms. The molecule has 2 nitrogen and oxygen atoms in total. The fourth-order valence-corrected chi connectivity index (χ4v) is 1.81. The average molecular weight is 288 g/mol. The number of rotatable bonds is 5. The largest absolute Gasteiger partial charge is 0.454 e. The second-order valence-electron chi connectivity index (χ2n) is 6.23. The van der Waals surface area contributed by atoms with Crippen LogP contribution in [0.25, 0.3) is 0 Å².